The molecule has 4 heteroatoms. The van der Waals surface area contributed by atoms with Gasteiger partial charge in [-0.3, -0.25) is 4.79 Å². The van der Waals surface area contributed by atoms with E-state index in [1.807, 2.05) is 60.8 Å². The average molecular weight is 294 g/mol. The Labute approximate surface area is 129 Å². The average Bonchev–Trinajstić information content (AvgIpc) is 2.88. The molecule has 2 heterocycles. The number of carboxylic acids is 1. The fourth-order valence-electron chi connectivity index (χ4n) is 2.89. The van der Waals surface area contributed by atoms with Gasteiger partial charge in [0.2, 0.25) is 0 Å². The molecule has 0 spiro atoms. The molecule has 0 aliphatic rings. The lowest BCUT2D eigenvalue weighted by atomic mass is 9.89. The maximum absolute atomic E-state index is 11.4. The Morgan fingerprint density at radius 3 is 2.73 bits per heavy atom. The van der Waals surface area contributed by atoms with Gasteiger partial charge in [0, 0.05) is 18.3 Å². The number of aromatic nitrogens is 2. The number of carboxylic acid groups (broad SMARTS) is 1. The molecule has 0 saturated heterocycles. The molecule has 1 unspecified atom stereocenters. The van der Waals surface area contributed by atoms with Crippen LogP contribution >= 0.6 is 0 Å². The number of rotatable bonds is 4. The maximum atomic E-state index is 11.4. The van der Waals surface area contributed by atoms with Crippen molar-refractivity contribution in [1.29, 1.82) is 0 Å². The van der Waals surface area contributed by atoms with Gasteiger partial charge in [0.25, 0.3) is 0 Å². The highest BCUT2D eigenvalue weighted by Gasteiger charge is 2.22. The number of pyridine rings is 1. The molecular formula is C18H18N2O2. The Morgan fingerprint density at radius 1 is 1.23 bits per heavy atom. The van der Waals surface area contributed by atoms with E-state index in [-0.39, 0.29) is 12.3 Å². The summed E-state index contributed by atoms with van der Waals surface area (Å²) in [5.74, 6) is -1.02. The smallest absolute Gasteiger partial charge is 0.304 e. The molecule has 22 heavy (non-hydrogen) atoms. The molecule has 0 amide bonds. The third kappa shape index (κ3) is 2.60. The summed E-state index contributed by atoms with van der Waals surface area (Å²) in [4.78, 5) is 15.8. The minimum atomic E-state index is -0.809. The number of hydrogen-bond donors (Lipinski definition) is 1. The third-order valence-corrected chi connectivity index (χ3v) is 3.98. The topological polar surface area (TPSA) is 54.6 Å². The molecule has 0 bridgehead atoms. The zero-order valence-corrected chi connectivity index (χ0v) is 12.7. The van der Waals surface area contributed by atoms with Crippen molar-refractivity contribution in [3.8, 4) is 0 Å². The first-order valence-corrected chi connectivity index (χ1v) is 7.27. The van der Waals surface area contributed by atoms with Crippen LogP contribution in [0.3, 0.4) is 0 Å². The van der Waals surface area contributed by atoms with E-state index in [2.05, 4.69) is 4.98 Å². The highest BCUT2D eigenvalue weighted by atomic mass is 16.4. The van der Waals surface area contributed by atoms with Gasteiger partial charge in [-0.2, -0.15) is 0 Å². The molecule has 2 aromatic heterocycles. The lowest BCUT2D eigenvalue weighted by molar-refractivity contribution is -0.137. The number of imidazole rings is 1. The SMILES string of the molecule is Cc1ccc2ncc(C(CC(=O)O)c3ccccc3C)n2c1. The second-order valence-corrected chi connectivity index (χ2v) is 5.62. The van der Waals surface area contributed by atoms with Crippen molar-refractivity contribution in [3.63, 3.8) is 0 Å². The van der Waals surface area contributed by atoms with E-state index in [0.717, 1.165) is 28.0 Å². The molecule has 3 rings (SSSR count). The summed E-state index contributed by atoms with van der Waals surface area (Å²) in [6, 6.07) is 11.9. The first-order chi connectivity index (χ1) is 10.6. The molecule has 3 aromatic rings. The number of nitrogens with zero attached hydrogens (tertiary/aromatic N) is 2. The number of aliphatic carboxylic acids is 1. The van der Waals surface area contributed by atoms with E-state index in [1.165, 1.54) is 0 Å². The second-order valence-electron chi connectivity index (χ2n) is 5.62. The summed E-state index contributed by atoms with van der Waals surface area (Å²) < 4.78 is 2.00. The molecule has 0 aliphatic carbocycles. The van der Waals surface area contributed by atoms with E-state index < -0.39 is 5.97 Å². The zero-order chi connectivity index (χ0) is 15.7. The number of fused-ring (bicyclic) bond motifs is 1. The monoisotopic (exact) mass is 294 g/mol. The number of carbonyl (C=O) groups is 1. The summed E-state index contributed by atoms with van der Waals surface area (Å²) in [5, 5.41) is 9.33. The van der Waals surface area contributed by atoms with Gasteiger partial charge in [-0.25, -0.2) is 4.98 Å². The van der Waals surface area contributed by atoms with Crippen LogP contribution in [0.1, 0.15) is 34.7 Å². The van der Waals surface area contributed by atoms with Crippen molar-refractivity contribution >= 4 is 11.6 Å². The first kappa shape index (κ1) is 14.3. The van der Waals surface area contributed by atoms with Crippen LogP contribution in [0.2, 0.25) is 0 Å². The highest BCUT2D eigenvalue weighted by Crippen LogP contribution is 2.31. The van der Waals surface area contributed by atoms with Crippen LogP contribution in [-0.2, 0) is 4.79 Å². The van der Waals surface area contributed by atoms with Crippen LogP contribution in [0.25, 0.3) is 5.65 Å². The fraction of sp³-hybridized carbons (Fsp3) is 0.222. The number of aryl methyl sites for hydroxylation is 2. The second kappa shape index (κ2) is 5.64. The van der Waals surface area contributed by atoms with Crippen LogP contribution < -0.4 is 0 Å². The predicted molar refractivity (Wildman–Crippen MR) is 85.2 cm³/mol. The van der Waals surface area contributed by atoms with E-state index in [4.69, 9.17) is 0 Å². The van der Waals surface area contributed by atoms with Gasteiger partial charge in [-0.15, -0.1) is 0 Å². The molecule has 1 atom stereocenters. The van der Waals surface area contributed by atoms with Crippen LogP contribution in [0.5, 0.6) is 0 Å². The Morgan fingerprint density at radius 2 is 2.00 bits per heavy atom. The quantitative estimate of drug-likeness (QED) is 0.800. The van der Waals surface area contributed by atoms with E-state index >= 15 is 0 Å². The molecule has 112 valence electrons. The van der Waals surface area contributed by atoms with Crippen molar-refractivity contribution in [2.45, 2.75) is 26.2 Å². The lowest BCUT2D eigenvalue weighted by Crippen LogP contribution is -2.11. The van der Waals surface area contributed by atoms with Gasteiger partial charge < -0.3 is 9.51 Å². The van der Waals surface area contributed by atoms with Crippen LogP contribution in [-0.4, -0.2) is 20.5 Å². The minimum absolute atomic E-state index is 0.0482. The van der Waals surface area contributed by atoms with Crippen molar-refractivity contribution in [2.75, 3.05) is 0 Å². The van der Waals surface area contributed by atoms with Crippen molar-refractivity contribution in [1.82, 2.24) is 9.38 Å². The molecule has 1 N–H and O–H groups in total. The molecular weight excluding hydrogens is 276 g/mol. The summed E-state index contributed by atoms with van der Waals surface area (Å²) >= 11 is 0. The third-order valence-electron chi connectivity index (χ3n) is 3.98. The molecule has 4 nitrogen and oxygen atoms in total. The summed E-state index contributed by atoms with van der Waals surface area (Å²) in [5.41, 5.74) is 5.00. The largest absolute Gasteiger partial charge is 0.481 e. The van der Waals surface area contributed by atoms with Crippen LogP contribution in [0.15, 0.2) is 48.8 Å². The standard InChI is InChI=1S/C18H18N2O2/c1-12-7-8-17-19-10-16(20(17)11-12)15(9-18(21)22)14-6-4-3-5-13(14)2/h3-8,10-11,15H,9H2,1-2H3,(H,21,22). The van der Waals surface area contributed by atoms with E-state index in [1.54, 1.807) is 6.20 Å². The minimum Gasteiger partial charge on any atom is -0.481 e. The summed E-state index contributed by atoms with van der Waals surface area (Å²) in [7, 11) is 0. The maximum Gasteiger partial charge on any atom is 0.304 e. The number of benzene rings is 1. The zero-order valence-electron chi connectivity index (χ0n) is 12.7. The molecule has 0 radical (unpaired) electrons. The Kier molecular flexibility index (Phi) is 3.67. The van der Waals surface area contributed by atoms with Crippen molar-refractivity contribution in [2.24, 2.45) is 0 Å². The number of hydrogen-bond acceptors (Lipinski definition) is 2. The van der Waals surface area contributed by atoms with Gasteiger partial charge in [0.15, 0.2) is 0 Å². The summed E-state index contributed by atoms with van der Waals surface area (Å²) in [6.07, 6.45) is 3.84. The van der Waals surface area contributed by atoms with Gasteiger partial charge in [-0.1, -0.05) is 30.3 Å². The van der Waals surface area contributed by atoms with Crippen LogP contribution in [0, 0.1) is 13.8 Å². The molecule has 0 saturated carbocycles. The van der Waals surface area contributed by atoms with Gasteiger partial charge in [0.1, 0.15) is 5.65 Å². The summed E-state index contributed by atoms with van der Waals surface area (Å²) in [6.45, 7) is 4.03. The predicted octanol–water partition coefficient (Wildman–Crippen LogP) is 3.56. The van der Waals surface area contributed by atoms with Gasteiger partial charge >= 0.3 is 5.97 Å². The van der Waals surface area contributed by atoms with E-state index in [9.17, 15) is 9.90 Å². The van der Waals surface area contributed by atoms with E-state index in [0.29, 0.717) is 0 Å². The van der Waals surface area contributed by atoms with Crippen molar-refractivity contribution < 1.29 is 9.90 Å². The van der Waals surface area contributed by atoms with Gasteiger partial charge in [-0.05, 0) is 36.6 Å². The molecule has 0 aliphatic heterocycles. The Bertz CT molecular complexity index is 836. The first-order valence-electron chi connectivity index (χ1n) is 7.27. The van der Waals surface area contributed by atoms with Crippen molar-refractivity contribution in [3.05, 3.63) is 71.2 Å². The van der Waals surface area contributed by atoms with Gasteiger partial charge in [0.05, 0.1) is 12.1 Å². The molecule has 1 aromatic carbocycles. The normalized spacial score (nSPS) is 12.5. The Balaban J connectivity index is 2.18. The lowest BCUT2D eigenvalue weighted by Gasteiger charge is -2.18. The van der Waals surface area contributed by atoms with Crippen LogP contribution in [0.4, 0.5) is 0 Å². The molecule has 0 fully saturated rings. The Hall–Kier alpha value is -2.62. The fourth-order valence-corrected chi connectivity index (χ4v) is 2.89. The highest BCUT2D eigenvalue weighted by molar-refractivity contribution is 5.69.